The molecule has 1 atom stereocenters. The van der Waals surface area contributed by atoms with Crippen LogP contribution in [0, 0.1) is 12.8 Å². The van der Waals surface area contributed by atoms with Crippen molar-refractivity contribution in [2.24, 2.45) is 5.92 Å². The zero-order chi connectivity index (χ0) is 25.5. The summed E-state index contributed by atoms with van der Waals surface area (Å²) in [4.78, 5) is 25.6. The van der Waals surface area contributed by atoms with Crippen molar-refractivity contribution in [3.05, 3.63) is 71.0 Å². The zero-order valence-electron chi connectivity index (χ0n) is 21.3. The molecule has 35 heavy (non-hydrogen) atoms. The van der Waals surface area contributed by atoms with Gasteiger partial charge in [0.2, 0.25) is 5.91 Å². The van der Waals surface area contributed by atoms with E-state index in [1.807, 2.05) is 80.8 Å². The average Bonchev–Trinajstić information content (AvgIpc) is 3.23. The topological polar surface area (TPSA) is 88.9 Å². The summed E-state index contributed by atoms with van der Waals surface area (Å²) < 4.78 is 1.97. The minimum Gasteiger partial charge on any atom is -0.342 e. The molecule has 0 unspecified atom stereocenters. The van der Waals surface area contributed by atoms with E-state index in [9.17, 15) is 9.59 Å². The summed E-state index contributed by atoms with van der Waals surface area (Å²) in [7, 11) is 0. The van der Waals surface area contributed by atoms with E-state index in [1.165, 1.54) is 11.8 Å². The van der Waals surface area contributed by atoms with Gasteiger partial charge >= 0.3 is 0 Å². The Morgan fingerprint density at radius 1 is 1.03 bits per heavy atom. The third-order valence-corrected chi connectivity index (χ3v) is 6.73. The lowest BCUT2D eigenvalue weighted by Gasteiger charge is -2.22. The Morgan fingerprint density at radius 3 is 2.43 bits per heavy atom. The van der Waals surface area contributed by atoms with Crippen LogP contribution in [0.25, 0.3) is 0 Å². The highest BCUT2D eigenvalue weighted by molar-refractivity contribution is 7.99. The first-order valence-electron chi connectivity index (χ1n) is 12.0. The third-order valence-electron chi connectivity index (χ3n) is 5.76. The van der Waals surface area contributed by atoms with Crippen molar-refractivity contribution < 1.29 is 9.59 Å². The largest absolute Gasteiger partial charge is 0.342 e. The second-order valence-electron chi connectivity index (χ2n) is 9.23. The van der Waals surface area contributed by atoms with E-state index in [2.05, 4.69) is 34.7 Å². The van der Waals surface area contributed by atoms with Crippen LogP contribution in [0.15, 0.2) is 53.7 Å². The Bertz CT molecular complexity index is 1170. The summed E-state index contributed by atoms with van der Waals surface area (Å²) in [6.45, 7) is 12.9. The fraction of sp³-hybridized carbons (Fsp3) is 0.407. The van der Waals surface area contributed by atoms with Gasteiger partial charge in [-0.05, 0) is 49.4 Å². The van der Waals surface area contributed by atoms with E-state index in [4.69, 9.17) is 0 Å². The van der Waals surface area contributed by atoms with Crippen molar-refractivity contribution in [1.29, 1.82) is 0 Å². The molecule has 0 radical (unpaired) electrons. The molecule has 2 N–H and O–H groups in total. The fourth-order valence-electron chi connectivity index (χ4n) is 3.91. The van der Waals surface area contributed by atoms with Crippen LogP contribution >= 0.6 is 11.8 Å². The minimum atomic E-state index is -0.309. The van der Waals surface area contributed by atoms with Gasteiger partial charge in [0.1, 0.15) is 0 Å². The van der Waals surface area contributed by atoms with Crippen LogP contribution in [0.3, 0.4) is 0 Å². The summed E-state index contributed by atoms with van der Waals surface area (Å²) >= 11 is 1.35. The molecule has 186 valence electrons. The second kappa shape index (κ2) is 12.0. The van der Waals surface area contributed by atoms with Gasteiger partial charge in [-0.1, -0.05) is 75.4 Å². The van der Waals surface area contributed by atoms with Gasteiger partial charge in [-0.2, -0.15) is 0 Å². The monoisotopic (exact) mass is 493 g/mol. The van der Waals surface area contributed by atoms with Crippen molar-refractivity contribution in [1.82, 2.24) is 20.1 Å². The lowest BCUT2D eigenvalue weighted by atomic mass is 10.0. The molecule has 1 aromatic heterocycles. The highest BCUT2D eigenvalue weighted by atomic mass is 32.2. The minimum absolute atomic E-state index is 0.0940. The predicted octanol–water partition coefficient (Wildman–Crippen LogP) is 5.59. The zero-order valence-corrected chi connectivity index (χ0v) is 22.1. The van der Waals surface area contributed by atoms with Crippen LogP contribution in [0.1, 0.15) is 73.9 Å². The maximum absolute atomic E-state index is 12.9. The number of nitrogens with zero attached hydrogens (tertiary/aromatic N) is 3. The number of thioether (sulfide) groups is 1. The van der Waals surface area contributed by atoms with Gasteiger partial charge in [0.15, 0.2) is 11.0 Å². The van der Waals surface area contributed by atoms with E-state index in [-0.39, 0.29) is 29.5 Å². The Balaban J connectivity index is 1.72. The van der Waals surface area contributed by atoms with Crippen LogP contribution < -0.4 is 10.6 Å². The Hall–Kier alpha value is -3.13. The number of carbonyl (C=O) groups is 2. The first-order chi connectivity index (χ1) is 16.7. The highest BCUT2D eigenvalue weighted by Crippen LogP contribution is 2.27. The van der Waals surface area contributed by atoms with Crippen molar-refractivity contribution in [3.8, 4) is 0 Å². The van der Waals surface area contributed by atoms with E-state index >= 15 is 0 Å². The number of benzene rings is 2. The summed E-state index contributed by atoms with van der Waals surface area (Å²) in [5.41, 5.74) is 3.59. The molecule has 0 aliphatic heterocycles. The van der Waals surface area contributed by atoms with Crippen LogP contribution in [0.5, 0.6) is 0 Å². The fourth-order valence-corrected chi connectivity index (χ4v) is 4.71. The molecule has 2 amide bonds. The van der Waals surface area contributed by atoms with Gasteiger partial charge in [0, 0.05) is 17.8 Å². The molecule has 3 rings (SSSR count). The molecule has 0 fully saturated rings. The quantitative estimate of drug-likeness (QED) is 0.360. The maximum atomic E-state index is 12.9. The Labute approximate surface area is 212 Å². The van der Waals surface area contributed by atoms with E-state index < -0.39 is 0 Å². The molecule has 0 saturated heterocycles. The molecule has 0 saturated carbocycles. The molecule has 1 heterocycles. The van der Waals surface area contributed by atoms with Gasteiger partial charge in [0.05, 0.1) is 11.8 Å². The number of aryl methyl sites for hydroxylation is 1. The first kappa shape index (κ1) is 26.5. The van der Waals surface area contributed by atoms with E-state index in [0.29, 0.717) is 29.0 Å². The maximum Gasteiger partial charge on any atom is 0.251 e. The number of para-hydroxylation sites is 1. The third kappa shape index (κ3) is 6.72. The number of hydrogen-bond acceptors (Lipinski definition) is 5. The highest BCUT2D eigenvalue weighted by Gasteiger charge is 2.26. The number of rotatable bonds is 10. The number of nitrogens with one attached hydrogen (secondary N) is 2. The predicted molar refractivity (Wildman–Crippen MR) is 142 cm³/mol. The number of anilines is 1. The van der Waals surface area contributed by atoms with Crippen molar-refractivity contribution in [3.63, 3.8) is 0 Å². The molecule has 0 spiro atoms. The molecule has 7 nitrogen and oxygen atoms in total. The molecule has 0 bridgehead atoms. The standard InChI is InChI=1S/C27H35N5O2S/c1-7-32-25(24(18(4)5)29-26(34)20-12-10-11-19(6)15-20)30-31-27(32)35-16-23(33)28-22-14-9-8-13-21(22)17(2)3/h8-15,17-18,24H,7,16H2,1-6H3,(H,28,33)(H,29,34)/t24-/m1/s1. The molecule has 3 aromatic rings. The van der Waals surface area contributed by atoms with E-state index in [0.717, 1.165) is 16.8 Å². The van der Waals surface area contributed by atoms with Crippen LogP contribution in [-0.4, -0.2) is 32.3 Å². The van der Waals surface area contributed by atoms with Gasteiger partial charge in [-0.15, -0.1) is 10.2 Å². The molecule has 2 aromatic carbocycles. The van der Waals surface area contributed by atoms with Gasteiger partial charge < -0.3 is 15.2 Å². The van der Waals surface area contributed by atoms with Crippen LogP contribution in [0.2, 0.25) is 0 Å². The smallest absolute Gasteiger partial charge is 0.251 e. The number of carbonyl (C=O) groups excluding carboxylic acids is 2. The summed E-state index contributed by atoms with van der Waals surface area (Å²) in [6.07, 6.45) is 0. The number of amides is 2. The Morgan fingerprint density at radius 2 is 1.77 bits per heavy atom. The molecule has 0 aliphatic carbocycles. The lowest BCUT2D eigenvalue weighted by molar-refractivity contribution is -0.113. The Kier molecular flexibility index (Phi) is 9.09. The van der Waals surface area contributed by atoms with Gasteiger partial charge in [0.25, 0.3) is 5.91 Å². The van der Waals surface area contributed by atoms with Gasteiger partial charge in [-0.25, -0.2) is 0 Å². The lowest BCUT2D eigenvalue weighted by Crippen LogP contribution is -2.33. The number of hydrogen-bond donors (Lipinski definition) is 2. The summed E-state index contributed by atoms with van der Waals surface area (Å²) in [5.74, 6) is 1.09. The molecule has 8 heteroatoms. The second-order valence-corrected chi connectivity index (χ2v) is 10.2. The average molecular weight is 494 g/mol. The summed E-state index contributed by atoms with van der Waals surface area (Å²) in [6, 6.07) is 15.1. The summed E-state index contributed by atoms with van der Waals surface area (Å²) in [5, 5.41) is 15.6. The van der Waals surface area contributed by atoms with E-state index in [1.54, 1.807) is 0 Å². The van der Waals surface area contributed by atoms with Crippen LogP contribution in [-0.2, 0) is 11.3 Å². The normalized spacial score (nSPS) is 12.1. The van der Waals surface area contributed by atoms with Gasteiger partial charge in [-0.3, -0.25) is 9.59 Å². The van der Waals surface area contributed by atoms with Crippen molar-refractivity contribution in [2.45, 2.75) is 65.2 Å². The molecular weight excluding hydrogens is 458 g/mol. The number of aromatic nitrogens is 3. The molecular formula is C27H35N5O2S. The molecule has 0 aliphatic rings. The van der Waals surface area contributed by atoms with Crippen molar-refractivity contribution in [2.75, 3.05) is 11.1 Å². The van der Waals surface area contributed by atoms with Crippen LogP contribution in [0.4, 0.5) is 5.69 Å². The first-order valence-corrected chi connectivity index (χ1v) is 13.0. The SMILES string of the molecule is CCn1c(SCC(=O)Nc2ccccc2C(C)C)nnc1[C@H](NC(=O)c1cccc(C)c1)C(C)C. The van der Waals surface area contributed by atoms with Crippen molar-refractivity contribution >= 4 is 29.3 Å².